The van der Waals surface area contributed by atoms with E-state index < -0.39 is 5.97 Å². The molecule has 0 bridgehead atoms. The Balaban J connectivity index is 0.00000225. The maximum atomic E-state index is 12.1. The number of hydrogen-bond acceptors (Lipinski definition) is 5. The van der Waals surface area contributed by atoms with E-state index in [0.29, 0.717) is 21.9 Å². The molecule has 0 radical (unpaired) electrons. The summed E-state index contributed by atoms with van der Waals surface area (Å²) in [4.78, 5) is 20.8. The molecule has 0 saturated heterocycles. The van der Waals surface area contributed by atoms with Crippen LogP contribution in [-0.2, 0) is 4.74 Å². The van der Waals surface area contributed by atoms with Crippen molar-refractivity contribution >= 4 is 52.4 Å². The highest BCUT2D eigenvalue weighted by Crippen LogP contribution is 2.30. The van der Waals surface area contributed by atoms with Crippen molar-refractivity contribution in [3.05, 3.63) is 58.4 Å². The number of fused-ring (bicyclic) bond motifs is 1. The number of carbonyl (C=O) groups excluding carboxylic acids is 1. The van der Waals surface area contributed by atoms with Crippen molar-refractivity contribution in [2.45, 2.75) is 13.8 Å². The Labute approximate surface area is 156 Å². The lowest BCUT2D eigenvalue weighted by Gasteiger charge is -2.14. The van der Waals surface area contributed by atoms with E-state index in [0.717, 1.165) is 22.3 Å². The molecule has 0 saturated carbocycles. The van der Waals surface area contributed by atoms with Crippen molar-refractivity contribution in [3.8, 4) is 0 Å². The summed E-state index contributed by atoms with van der Waals surface area (Å²) < 4.78 is 4.86. The van der Waals surface area contributed by atoms with E-state index in [1.165, 1.54) is 13.3 Å². The molecule has 0 fully saturated rings. The Bertz CT molecular complexity index is 945. The normalized spacial score (nSPS) is 10.2. The van der Waals surface area contributed by atoms with Crippen molar-refractivity contribution in [1.29, 1.82) is 0 Å². The van der Waals surface area contributed by atoms with Crippen LogP contribution in [0.1, 0.15) is 21.6 Å². The summed E-state index contributed by atoms with van der Waals surface area (Å²) in [6, 6.07) is 9.38. The molecule has 5 nitrogen and oxygen atoms in total. The van der Waals surface area contributed by atoms with Gasteiger partial charge in [0.2, 0.25) is 0 Å². The van der Waals surface area contributed by atoms with Crippen LogP contribution in [0.5, 0.6) is 0 Å². The van der Waals surface area contributed by atoms with Gasteiger partial charge in [0.25, 0.3) is 0 Å². The first-order valence-electron chi connectivity index (χ1n) is 7.37. The summed E-state index contributed by atoms with van der Waals surface area (Å²) in [5.74, 6) is -0.467. The Kier molecular flexibility index (Phi) is 5.82. The molecule has 0 aliphatic rings. The molecule has 0 atom stereocenters. The molecule has 0 unspecified atom stereocenters. The number of pyridine rings is 2. The summed E-state index contributed by atoms with van der Waals surface area (Å²) in [7, 11) is 1.34. The highest BCUT2D eigenvalue weighted by molar-refractivity contribution is 6.31. The number of aromatic nitrogens is 2. The third kappa shape index (κ3) is 3.83. The molecule has 1 N–H and O–H groups in total. The molecule has 2 heterocycles. The van der Waals surface area contributed by atoms with Gasteiger partial charge in [-0.2, -0.15) is 0 Å². The number of halogens is 2. The zero-order valence-electron chi connectivity index (χ0n) is 14.0. The third-order valence-electron chi connectivity index (χ3n) is 3.72. The van der Waals surface area contributed by atoms with Gasteiger partial charge in [-0.15, -0.1) is 12.4 Å². The molecular weight excluding hydrogens is 361 g/mol. The fourth-order valence-electron chi connectivity index (χ4n) is 2.39. The molecule has 0 aliphatic carbocycles. The van der Waals surface area contributed by atoms with E-state index in [1.807, 2.05) is 44.2 Å². The number of rotatable bonds is 3. The van der Waals surface area contributed by atoms with E-state index in [-0.39, 0.29) is 12.4 Å². The Hall–Kier alpha value is -2.37. The number of benzene rings is 1. The van der Waals surface area contributed by atoms with E-state index in [4.69, 9.17) is 16.3 Å². The highest BCUT2D eigenvalue weighted by atomic mass is 35.5. The lowest BCUT2D eigenvalue weighted by Crippen LogP contribution is -2.08. The van der Waals surface area contributed by atoms with Gasteiger partial charge in [0, 0.05) is 28.0 Å². The van der Waals surface area contributed by atoms with E-state index in [2.05, 4.69) is 15.3 Å². The number of esters is 1. The summed E-state index contributed by atoms with van der Waals surface area (Å²) >= 11 is 6.19. The molecule has 0 amide bonds. The third-order valence-corrected chi connectivity index (χ3v) is 4.12. The second-order valence-corrected chi connectivity index (χ2v) is 5.86. The van der Waals surface area contributed by atoms with Crippen LogP contribution in [0, 0.1) is 13.8 Å². The smallest absolute Gasteiger partial charge is 0.341 e. The van der Waals surface area contributed by atoms with Gasteiger partial charge in [-0.3, -0.25) is 0 Å². The van der Waals surface area contributed by atoms with Crippen LogP contribution in [0.15, 0.2) is 36.5 Å². The highest BCUT2D eigenvalue weighted by Gasteiger charge is 2.17. The second-order valence-electron chi connectivity index (χ2n) is 5.45. The summed E-state index contributed by atoms with van der Waals surface area (Å²) in [5.41, 5.74) is 4.09. The quantitative estimate of drug-likeness (QED) is 0.660. The predicted molar refractivity (Wildman–Crippen MR) is 102 cm³/mol. The fourth-order valence-corrected chi connectivity index (χ4v) is 2.57. The Morgan fingerprint density at radius 3 is 2.64 bits per heavy atom. The van der Waals surface area contributed by atoms with Crippen molar-refractivity contribution in [3.63, 3.8) is 0 Å². The summed E-state index contributed by atoms with van der Waals surface area (Å²) in [6.45, 7) is 3.82. The minimum atomic E-state index is -0.467. The number of carbonyl (C=O) groups is 1. The van der Waals surface area contributed by atoms with Gasteiger partial charge >= 0.3 is 5.97 Å². The van der Waals surface area contributed by atoms with Gasteiger partial charge in [-0.05, 0) is 43.7 Å². The average Bonchev–Trinajstić information content (AvgIpc) is 2.57. The Morgan fingerprint density at radius 2 is 1.96 bits per heavy atom. The van der Waals surface area contributed by atoms with Crippen molar-refractivity contribution in [2.24, 2.45) is 0 Å². The summed E-state index contributed by atoms with van der Waals surface area (Å²) in [5, 5.41) is 4.63. The largest absolute Gasteiger partial charge is 0.465 e. The van der Waals surface area contributed by atoms with E-state index >= 15 is 0 Å². The maximum Gasteiger partial charge on any atom is 0.341 e. The maximum absolute atomic E-state index is 12.1. The standard InChI is InChI=1S/C18H16ClN3O2.ClH/c1-10-4-6-12(8-15(10)19)22-16-13-7-5-11(2)21-17(13)20-9-14(16)18(23)24-3;/h4-9H,1-3H3,(H,20,21,22);1H. The molecule has 130 valence electrons. The lowest BCUT2D eigenvalue weighted by molar-refractivity contribution is 0.0601. The number of anilines is 2. The number of hydrogen-bond donors (Lipinski definition) is 1. The molecule has 2 aromatic heterocycles. The molecule has 3 rings (SSSR count). The monoisotopic (exact) mass is 377 g/mol. The minimum absolute atomic E-state index is 0. The van der Waals surface area contributed by atoms with Crippen molar-refractivity contribution in [2.75, 3.05) is 12.4 Å². The van der Waals surface area contributed by atoms with Crippen LogP contribution < -0.4 is 5.32 Å². The molecule has 7 heteroatoms. The zero-order valence-corrected chi connectivity index (χ0v) is 15.5. The predicted octanol–water partition coefficient (Wildman–Crippen LogP) is 4.85. The number of aryl methyl sites for hydroxylation is 2. The van der Waals surface area contributed by atoms with Gasteiger partial charge in [0.05, 0.1) is 12.8 Å². The first kappa shape index (κ1) is 19.0. The molecule has 0 aliphatic heterocycles. The van der Waals surface area contributed by atoms with Gasteiger partial charge < -0.3 is 10.1 Å². The minimum Gasteiger partial charge on any atom is -0.465 e. The first-order chi connectivity index (χ1) is 11.5. The first-order valence-corrected chi connectivity index (χ1v) is 7.75. The van der Waals surface area contributed by atoms with E-state index in [1.54, 1.807) is 0 Å². The van der Waals surface area contributed by atoms with E-state index in [9.17, 15) is 4.79 Å². The number of nitrogens with zero attached hydrogens (tertiary/aromatic N) is 2. The number of methoxy groups -OCH3 is 1. The molecular formula is C18H17Cl2N3O2. The average molecular weight is 378 g/mol. The van der Waals surface area contributed by atoms with Crippen LogP contribution in [-0.4, -0.2) is 23.0 Å². The molecule has 0 spiro atoms. The lowest BCUT2D eigenvalue weighted by atomic mass is 10.1. The number of nitrogens with one attached hydrogen (secondary N) is 1. The van der Waals surface area contributed by atoms with Crippen LogP contribution in [0.4, 0.5) is 11.4 Å². The SMILES string of the molecule is COC(=O)c1cnc2nc(C)ccc2c1Nc1ccc(C)c(Cl)c1.Cl. The molecule has 3 aromatic rings. The zero-order chi connectivity index (χ0) is 17.3. The topological polar surface area (TPSA) is 64.1 Å². The van der Waals surface area contributed by atoms with Crippen molar-refractivity contribution < 1.29 is 9.53 Å². The molecule has 25 heavy (non-hydrogen) atoms. The van der Waals surface area contributed by atoms with Crippen LogP contribution in [0.3, 0.4) is 0 Å². The van der Waals surface area contributed by atoms with Gasteiger partial charge in [0.1, 0.15) is 5.56 Å². The molecule has 1 aromatic carbocycles. The van der Waals surface area contributed by atoms with Crippen LogP contribution in [0.25, 0.3) is 11.0 Å². The Morgan fingerprint density at radius 1 is 1.20 bits per heavy atom. The van der Waals surface area contributed by atoms with Crippen LogP contribution >= 0.6 is 24.0 Å². The van der Waals surface area contributed by atoms with Crippen LogP contribution in [0.2, 0.25) is 5.02 Å². The fraction of sp³-hybridized carbons (Fsp3) is 0.167. The van der Waals surface area contributed by atoms with Gasteiger partial charge in [-0.1, -0.05) is 17.7 Å². The second kappa shape index (κ2) is 7.68. The van der Waals surface area contributed by atoms with Crippen molar-refractivity contribution in [1.82, 2.24) is 9.97 Å². The van der Waals surface area contributed by atoms with Gasteiger partial charge in [0.15, 0.2) is 5.65 Å². The number of ether oxygens (including phenoxy) is 1. The van der Waals surface area contributed by atoms with Gasteiger partial charge in [-0.25, -0.2) is 14.8 Å². The summed E-state index contributed by atoms with van der Waals surface area (Å²) in [6.07, 6.45) is 1.47.